The van der Waals surface area contributed by atoms with E-state index in [-0.39, 0.29) is 11.2 Å². The molecule has 0 spiro atoms. The number of hydrogen-bond acceptors (Lipinski definition) is 5. The van der Waals surface area contributed by atoms with Crippen LogP contribution < -0.4 is 16.0 Å². The molecule has 126 valence electrons. The number of ether oxygens (including phenoxy) is 1. The molecule has 0 amide bonds. The number of aryl methyl sites for hydroxylation is 1. The summed E-state index contributed by atoms with van der Waals surface area (Å²) in [6.45, 7) is 1.83. The van der Waals surface area contributed by atoms with E-state index >= 15 is 0 Å². The Labute approximate surface area is 140 Å². The fourth-order valence-corrected chi connectivity index (χ4v) is 3.01. The maximum Gasteiger partial charge on any atom is 0.272 e. The molecule has 4 N–H and O–H groups in total. The number of H-pyrrole nitrogens is 2. The molecular formula is C17H14FN5O2. The monoisotopic (exact) mass is 339 g/mol. The third kappa shape index (κ3) is 2.14. The third-order valence-corrected chi connectivity index (χ3v) is 4.19. The fraction of sp³-hybridized carbons (Fsp3) is 0.118. The Hall–Kier alpha value is -3.42. The number of nitrogen functional groups attached to an aromatic ring is 1. The van der Waals surface area contributed by atoms with Crippen LogP contribution in [-0.2, 0) is 0 Å². The average molecular weight is 339 g/mol. The van der Waals surface area contributed by atoms with Gasteiger partial charge in [0, 0.05) is 16.5 Å². The largest absolute Gasteiger partial charge is 0.481 e. The number of nitrogens with two attached hydrogens (primary N) is 1. The van der Waals surface area contributed by atoms with Gasteiger partial charge in [-0.1, -0.05) is 6.07 Å². The Bertz CT molecular complexity index is 1200. The number of methoxy groups -OCH3 is 1. The van der Waals surface area contributed by atoms with Crippen molar-refractivity contribution >= 4 is 27.6 Å². The molecule has 3 aromatic heterocycles. The topological polar surface area (TPSA) is 110 Å². The second-order valence-corrected chi connectivity index (χ2v) is 5.71. The number of nitrogens with one attached hydrogen (secondary N) is 2. The highest BCUT2D eigenvalue weighted by Gasteiger charge is 2.19. The van der Waals surface area contributed by atoms with E-state index in [9.17, 15) is 9.18 Å². The van der Waals surface area contributed by atoms with E-state index < -0.39 is 11.4 Å². The first kappa shape index (κ1) is 15.1. The first-order valence-corrected chi connectivity index (χ1v) is 7.50. The van der Waals surface area contributed by atoms with Crippen LogP contribution >= 0.6 is 0 Å². The SMILES string of the molecule is COc1nc2c(-c3ccc(F)c4[nH]ncc34)c(N)c(=O)[nH]c2cc1C. The normalized spacial score (nSPS) is 11.3. The van der Waals surface area contributed by atoms with Crippen molar-refractivity contribution in [2.45, 2.75) is 6.92 Å². The minimum absolute atomic E-state index is 0.0000132. The third-order valence-electron chi connectivity index (χ3n) is 4.19. The van der Waals surface area contributed by atoms with E-state index in [2.05, 4.69) is 20.2 Å². The Morgan fingerprint density at radius 1 is 1.32 bits per heavy atom. The Morgan fingerprint density at radius 2 is 2.12 bits per heavy atom. The van der Waals surface area contributed by atoms with Crippen LogP contribution in [0.4, 0.5) is 10.1 Å². The summed E-state index contributed by atoms with van der Waals surface area (Å²) < 4.78 is 19.3. The number of nitrogens with zero attached hydrogens (tertiary/aromatic N) is 2. The van der Waals surface area contributed by atoms with Gasteiger partial charge in [-0.05, 0) is 24.6 Å². The van der Waals surface area contributed by atoms with E-state index in [1.165, 1.54) is 19.4 Å². The van der Waals surface area contributed by atoms with Crippen molar-refractivity contribution in [2.24, 2.45) is 0 Å². The quantitative estimate of drug-likeness (QED) is 0.520. The van der Waals surface area contributed by atoms with Gasteiger partial charge in [0.1, 0.15) is 22.5 Å². The molecule has 0 unspecified atom stereocenters. The highest BCUT2D eigenvalue weighted by Crippen LogP contribution is 2.36. The first-order chi connectivity index (χ1) is 12.0. The van der Waals surface area contributed by atoms with Crippen molar-refractivity contribution in [1.29, 1.82) is 0 Å². The number of fused-ring (bicyclic) bond motifs is 2. The lowest BCUT2D eigenvalue weighted by Crippen LogP contribution is -2.14. The van der Waals surface area contributed by atoms with Crippen LogP contribution in [0, 0.1) is 12.7 Å². The van der Waals surface area contributed by atoms with Crippen molar-refractivity contribution in [3.05, 3.63) is 46.1 Å². The molecule has 0 saturated carbocycles. The lowest BCUT2D eigenvalue weighted by atomic mass is 9.99. The summed E-state index contributed by atoms with van der Waals surface area (Å²) in [7, 11) is 1.52. The Balaban J connectivity index is 2.19. The predicted molar refractivity (Wildman–Crippen MR) is 93.1 cm³/mol. The predicted octanol–water partition coefficient (Wildman–Crippen LogP) is 2.50. The minimum Gasteiger partial charge on any atom is -0.481 e. The number of rotatable bonds is 2. The van der Waals surface area contributed by atoms with Crippen LogP contribution in [0.15, 0.2) is 29.2 Å². The van der Waals surface area contributed by atoms with Gasteiger partial charge in [-0.3, -0.25) is 9.89 Å². The zero-order valence-electron chi connectivity index (χ0n) is 13.5. The number of halogens is 1. The zero-order chi connectivity index (χ0) is 17.7. The van der Waals surface area contributed by atoms with Gasteiger partial charge in [-0.25, -0.2) is 9.37 Å². The standard InChI is InChI=1S/C17H14FN5O2/c1-7-5-11-15(22-17(7)25-2)12(13(19)16(24)21-11)8-3-4-10(18)14-9(8)6-20-23-14/h3-6H,19H2,1-2H3,(H,20,23)(H,21,24). The molecule has 25 heavy (non-hydrogen) atoms. The molecule has 0 bridgehead atoms. The second kappa shape index (κ2) is 5.30. The van der Waals surface area contributed by atoms with E-state index in [1.807, 2.05) is 6.92 Å². The smallest absolute Gasteiger partial charge is 0.272 e. The number of aromatic nitrogens is 4. The molecule has 0 aliphatic carbocycles. The molecule has 0 aliphatic heterocycles. The van der Waals surface area contributed by atoms with Gasteiger partial charge in [-0.2, -0.15) is 5.10 Å². The first-order valence-electron chi connectivity index (χ1n) is 7.50. The lowest BCUT2D eigenvalue weighted by molar-refractivity contribution is 0.396. The Morgan fingerprint density at radius 3 is 2.88 bits per heavy atom. The number of aromatic amines is 2. The molecule has 0 aliphatic rings. The lowest BCUT2D eigenvalue weighted by Gasteiger charge is -2.12. The minimum atomic E-state index is -0.439. The van der Waals surface area contributed by atoms with E-state index in [1.54, 1.807) is 12.1 Å². The summed E-state index contributed by atoms with van der Waals surface area (Å²) in [5.41, 5.74) is 8.61. The number of hydrogen-bond donors (Lipinski definition) is 3. The summed E-state index contributed by atoms with van der Waals surface area (Å²) in [6.07, 6.45) is 1.49. The fourth-order valence-electron chi connectivity index (χ4n) is 3.01. The van der Waals surface area contributed by atoms with Gasteiger partial charge in [0.05, 0.1) is 18.8 Å². The molecule has 0 atom stereocenters. The van der Waals surface area contributed by atoms with Crippen molar-refractivity contribution < 1.29 is 9.13 Å². The molecule has 4 rings (SSSR count). The number of anilines is 1. The van der Waals surface area contributed by atoms with E-state index in [4.69, 9.17) is 10.5 Å². The van der Waals surface area contributed by atoms with Gasteiger partial charge in [-0.15, -0.1) is 0 Å². The van der Waals surface area contributed by atoms with Crippen LogP contribution in [-0.4, -0.2) is 27.3 Å². The van der Waals surface area contributed by atoms with Crippen molar-refractivity contribution in [2.75, 3.05) is 12.8 Å². The molecular weight excluding hydrogens is 325 g/mol. The molecule has 0 saturated heterocycles. The summed E-state index contributed by atoms with van der Waals surface area (Å²) in [6, 6.07) is 4.63. The van der Waals surface area contributed by atoms with Crippen LogP contribution in [0.2, 0.25) is 0 Å². The van der Waals surface area contributed by atoms with Crippen LogP contribution in [0.1, 0.15) is 5.56 Å². The van der Waals surface area contributed by atoms with Crippen molar-refractivity contribution in [3.8, 4) is 17.0 Å². The zero-order valence-corrected chi connectivity index (χ0v) is 13.5. The highest BCUT2D eigenvalue weighted by molar-refractivity contribution is 6.06. The molecule has 1 aromatic carbocycles. The molecule has 4 aromatic rings. The van der Waals surface area contributed by atoms with Gasteiger partial charge >= 0.3 is 0 Å². The molecule has 7 nitrogen and oxygen atoms in total. The van der Waals surface area contributed by atoms with Gasteiger partial charge in [0.25, 0.3) is 5.56 Å². The van der Waals surface area contributed by atoms with Crippen LogP contribution in [0.5, 0.6) is 5.88 Å². The molecule has 0 radical (unpaired) electrons. The summed E-state index contributed by atoms with van der Waals surface area (Å²) in [5, 5.41) is 7.02. The second-order valence-electron chi connectivity index (χ2n) is 5.71. The molecule has 0 fully saturated rings. The maximum atomic E-state index is 14.0. The maximum absolute atomic E-state index is 14.0. The summed E-state index contributed by atoms with van der Waals surface area (Å²) in [5.74, 6) is -0.0175. The average Bonchev–Trinajstić information content (AvgIpc) is 3.08. The molecule has 8 heteroatoms. The van der Waals surface area contributed by atoms with E-state index in [0.29, 0.717) is 33.4 Å². The van der Waals surface area contributed by atoms with Crippen LogP contribution in [0.25, 0.3) is 33.1 Å². The summed E-state index contributed by atoms with van der Waals surface area (Å²) >= 11 is 0. The van der Waals surface area contributed by atoms with Crippen molar-refractivity contribution in [3.63, 3.8) is 0 Å². The van der Waals surface area contributed by atoms with Crippen LogP contribution in [0.3, 0.4) is 0 Å². The van der Waals surface area contributed by atoms with Gasteiger partial charge < -0.3 is 15.5 Å². The Kier molecular flexibility index (Phi) is 3.21. The molecule has 3 heterocycles. The summed E-state index contributed by atoms with van der Waals surface area (Å²) in [4.78, 5) is 19.5. The highest BCUT2D eigenvalue weighted by atomic mass is 19.1. The number of benzene rings is 1. The van der Waals surface area contributed by atoms with Gasteiger partial charge in [0.2, 0.25) is 5.88 Å². The number of pyridine rings is 2. The van der Waals surface area contributed by atoms with E-state index in [0.717, 1.165) is 5.56 Å². The van der Waals surface area contributed by atoms with Gasteiger partial charge in [0.15, 0.2) is 0 Å². The van der Waals surface area contributed by atoms with Crippen molar-refractivity contribution in [1.82, 2.24) is 20.2 Å².